The van der Waals surface area contributed by atoms with Crippen LogP contribution in [0, 0.1) is 23.2 Å². The van der Waals surface area contributed by atoms with Crippen LogP contribution in [-0.2, 0) is 19.0 Å². The van der Waals surface area contributed by atoms with Gasteiger partial charge in [-0.05, 0) is 11.8 Å². The molecule has 2 saturated carbocycles. The number of methoxy groups -OCH3 is 1. The van der Waals surface area contributed by atoms with Crippen molar-refractivity contribution in [1.29, 1.82) is 0 Å². The molecular weight excluding hydrogens is 296 g/mol. The zero-order chi connectivity index (χ0) is 16.7. The van der Waals surface area contributed by atoms with Crippen molar-refractivity contribution < 1.29 is 24.1 Å². The number of carbonyl (C=O) groups is 1. The fourth-order valence-corrected chi connectivity index (χ4v) is 6.15. The molecule has 4 aliphatic rings. The van der Waals surface area contributed by atoms with E-state index in [1.807, 2.05) is 0 Å². The summed E-state index contributed by atoms with van der Waals surface area (Å²) < 4.78 is 17.9. The van der Waals surface area contributed by atoms with E-state index in [0.717, 1.165) is 12.0 Å². The van der Waals surface area contributed by atoms with Crippen molar-refractivity contribution in [1.82, 2.24) is 0 Å². The van der Waals surface area contributed by atoms with E-state index in [2.05, 4.69) is 20.4 Å². The number of hydrogen-bond acceptors (Lipinski definition) is 5. The Kier molecular flexibility index (Phi) is 3.11. The molecule has 4 fully saturated rings. The third kappa shape index (κ3) is 1.66. The highest BCUT2D eigenvalue weighted by atomic mass is 16.6. The van der Waals surface area contributed by atoms with Crippen LogP contribution in [0.15, 0.2) is 12.2 Å². The standard InChI is InChI=1S/C18H26O5/c1-8-6-11(22-9(2)19)18-10(7-17(18,3)4)13-14(20)16(21-5)12(8)15(13)23-18/h10-16,20H,1,6-7H2,2-5H3/t10-,11+,12+,13+,14-,15-,16-,18-/m1/s1. The Hall–Kier alpha value is -0.910. The van der Waals surface area contributed by atoms with Crippen LogP contribution in [0.1, 0.15) is 33.6 Å². The first-order valence-corrected chi connectivity index (χ1v) is 8.48. The molecule has 2 saturated heterocycles. The normalized spacial score (nSPS) is 52.6. The van der Waals surface area contributed by atoms with Crippen LogP contribution in [0.4, 0.5) is 0 Å². The molecule has 0 aromatic heterocycles. The summed E-state index contributed by atoms with van der Waals surface area (Å²) in [6, 6.07) is 0. The van der Waals surface area contributed by atoms with Gasteiger partial charge in [-0.1, -0.05) is 26.0 Å². The van der Waals surface area contributed by atoms with Crippen molar-refractivity contribution in [3.63, 3.8) is 0 Å². The molecule has 23 heavy (non-hydrogen) atoms. The van der Waals surface area contributed by atoms with Crippen LogP contribution >= 0.6 is 0 Å². The summed E-state index contributed by atoms with van der Waals surface area (Å²) in [6.45, 7) is 10.0. The van der Waals surface area contributed by atoms with E-state index in [-0.39, 0.29) is 47.4 Å². The molecule has 8 atom stereocenters. The highest BCUT2D eigenvalue weighted by molar-refractivity contribution is 5.66. The molecular formula is C18H26O5. The van der Waals surface area contributed by atoms with Gasteiger partial charge in [0.05, 0.1) is 18.3 Å². The van der Waals surface area contributed by atoms with Gasteiger partial charge in [0.1, 0.15) is 11.7 Å². The Bertz CT molecular complexity index is 570. The van der Waals surface area contributed by atoms with E-state index in [4.69, 9.17) is 14.2 Å². The van der Waals surface area contributed by atoms with Crippen LogP contribution in [0.25, 0.3) is 0 Å². The van der Waals surface area contributed by atoms with Gasteiger partial charge in [-0.15, -0.1) is 0 Å². The number of rotatable bonds is 2. The first-order valence-electron chi connectivity index (χ1n) is 8.48. The van der Waals surface area contributed by atoms with Crippen molar-refractivity contribution in [3.8, 4) is 0 Å². The predicted octanol–water partition coefficient (Wildman–Crippen LogP) is 1.68. The average molecular weight is 322 g/mol. The van der Waals surface area contributed by atoms with Gasteiger partial charge in [-0.2, -0.15) is 0 Å². The second-order valence-corrected chi connectivity index (χ2v) is 8.32. The molecule has 1 N–H and O–H groups in total. The van der Waals surface area contributed by atoms with Gasteiger partial charge in [0.25, 0.3) is 0 Å². The summed E-state index contributed by atoms with van der Waals surface area (Å²) in [5.74, 6) is -0.0757. The Morgan fingerprint density at radius 2 is 2.13 bits per heavy atom. The summed E-state index contributed by atoms with van der Waals surface area (Å²) in [7, 11) is 1.63. The smallest absolute Gasteiger partial charge is 0.303 e. The molecule has 2 aliphatic carbocycles. The minimum atomic E-state index is -0.550. The zero-order valence-electron chi connectivity index (χ0n) is 14.2. The molecule has 0 amide bonds. The highest BCUT2D eigenvalue weighted by Gasteiger charge is 2.79. The molecule has 0 aromatic carbocycles. The minimum Gasteiger partial charge on any atom is -0.459 e. The number of aliphatic hydroxyl groups is 1. The van der Waals surface area contributed by atoms with Crippen molar-refractivity contribution in [2.24, 2.45) is 23.2 Å². The molecule has 1 spiro atoms. The Labute approximate surface area is 137 Å². The third-order valence-corrected chi connectivity index (χ3v) is 6.93. The second kappa shape index (κ2) is 4.58. The fraction of sp³-hybridized carbons (Fsp3) is 0.833. The van der Waals surface area contributed by atoms with E-state index in [1.165, 1.54) is 6.92 Å². The van der Waals surface area contributed by atoms with E-state index < -0.39 is 11.7 Å². The molecule has 2 bridgehead atoms. The number of fused-ring (bicyclic) bond motifs is 1. The van der Waals surface area contributed by atoms with Gasteiger partial charge in [-0.25, -0.2) is 0 Å². The molecule has 4 rings (SSSR count). The van der Waals surface area contributed by atoms with Crippen LogP contribution in [-0.4, -0.2) is 48.2 Å². The predicted molar refractivity (Wildman–Crippen MR) is 82.6 cm³/mol. The average Bonchev–Trinajstić information content (AvgIpc) is 2.83. The van der Waals surface area contributed by atoms with Gasteiger partial charge in [0.15, 0.2) is 0 Å². The topological polar surface area (TPSA) is 65.0 Å². The van der Waals surface area contributed by atoms with Gasteiger partial charge >= 0.3 is 5.97 Å². The molecule has 2 aliphatic heterocycles. The van der Waals surface area contributed by atoms with Gasteiger partial charge < -0.3 is 19.3 Å². The number of aliphatic hydroxyl groups excluding tert-OH is 1. The summed E-state index contributed by atoms with van der Waals surface area (Å²) in [5, 5.41) is 10.8. The molecule has 5 heteroatoms. The number of esters is 1. The van der Waals surface area contributed by atoms with Gasteiger partial charge in [0, 0.05) is 38.2 Å². The highest BCUT2D eigenvalue weighted by Crippen LogP contribution is 2.71. The molecule has 0 radical (unpaired) electrons. The fourth-order valence-electron chi connectivity index (χ4n) is 6.15. The quantitative estimate of drug-likeness (QED) is 0.619. The monoisotopic (exact) mass is 322 g/mol. The van der Waals surface area contributed by atoms with Crippen LogP contribution in [0.5, 0.6) is 0 Å². The lowest BCUT2D eigenvalue weighted by molar-refractivity contribution is -0.258. The van der Waals surface area contributed by atoms with E-state index in [9.17, 15) is 9.90 Å². The maximum Gasteiger partial charge on any atom is 0.303 e. The summed E-state index contributed by atoms with van der Waals surface area (Å²) in [5.41, 5.74) is 0.373. The van der Waals surface area contributed by atoms with Crippen LogP contribution in [0.2, 0.25) is 0 Å². The molecule has 5 nitrogen and oxygen atoms in total. The SMILES string of the molecule is C=C1C[C@H](OC(C)=O)[C@]23O[C@@H]4[C@H]1[C@@H](OC)[C@H](O)[C@@H]4[C@H]2CC3(C)C. The lowest BCUT2D eigenvalue weighted by Gasteiger charge is -2.61. The maximum atomic E-state index is 11.7. The van der Waals surface area contributed by atoms with Crippen molar-refractivity contribution >= 4 is 5.97 Å². The van der Waals surface area contributed by atoms with Crippen LogP contribution in [0.3, 0.4) is 0 Å². The van der Waals surface area contributed by atoms with Crippen molar-refractivity contribution in [2.45, 2.75) is 63.6 Å². The van der Waals surface area contributed by atoms with Crippen molar-refractivity contribution in [3.05, 3.63) is 12.2 Å². The second-order valence-electron chi connectivity index (χ2n) is 8.32. The van der Waals surface area contributed by atoms with E-state index in [0.29, 0.717) is 6.42 Å². The first kappa shape index (κ1) is 15.6. The Morgan fingerprint density at radius 1 is 1.43 bits per heavy atom. The molecule has 0 unspecified atom stereocenters. The van der Waals surface area contributed by atoms with Crippen molar-refractivity contribution in [2.75, 3.05) is 7.11 Å². The van der Waals surface area contributed by atoms with Gasteiger partial charge in [0.2, 0.25) is 0 Å². The lowest BCUT2D eigenvalue weighted by Crippen LogP contribution is -2.68. The summed E-state index contributed by atoms with van der Waals surface area (Å²) in [6.07, 6.45) is 0.302. The number of carbonyl (C=O) groups excluding carboxylic acids is 1. The lowest BCUT2D eigenvalue weighted by atomic mass is 9.47. The molecule has 128 valence electrons. The molecule has 0 aromatic rings. The zero-order valence-corrected chi connectivity index (χ0v) is 14.2. The minimum absolute atomic E-state index is 0.0289. The summed E-state index contributed by atoms with van der Waals surface area (Å²) >= 11 is 0. The number of ether oxygens (including phenoxy) is 3. The first-order chi connectivity index (χ1) is 10.7. The van der Waals surface area contributed by atoms with Crippen LogP contribution < -0.4 is 0 Å². The molecule has 2 heterocycles. The maximum absolute atomic E-state index is 11.7. The van der Waals surface area contributed by atoms with E-state index in [1.54, 1.807) is 7.11 Å². The summed E-state index contributed by atoms with van der Waals surface area (Å²) in [4.78, 5) is 11.7. The Morgan fingerprint density at radius 3 is 2.70 bits per heavy atom. The van der Waals surface area contributed by atoms with E-state index >= 15 is 0 Å². The van der Waals surface area contributed by atoms with Gasteiger partial charge in [-0.3, -0.25) is 4.79 Å². The number of hydrogen-bond donors (Lipinski definition) is 1. The largest absolute Gasteiger partial charge is 0.459 e. The third-order valence-electron chi connectivity index (χ3n) is 6.93. The Balaban J connectivity index is 1.82.